The van der Waals surface area contributed by atoms with Crippen LogP contribution in [0.3, 0.4) is 0 Å². The highest BCUT2D eigenvalue weighted by molar-refractivity contribution is 14.1. The largest absolute Gasteiger partial charge is 0.491 e. The standard InChI is InChI=1S/C15H14Cl2INO2/c16-10-2-1-3-13(6-10)21-9-12(20)8-19-15-5-4-11(18)7-14(15)17/h1-7,12,19-20H,8-9H2. The molecule has 2 aromatic carbocycles. The lowest BCUT2D eigenvalue weighted by atomic mass is 10.3. The Morgan fingerprint density at radius 1 is 1.19 bits per heavy atom. The number of hydrogen-bond acceptors (Lipinski definition) is 3. The van der Waals surface area contributed by atoms with E-state index in [-0.39, 0.29) is 6.61 Å². The number of nitrogens with one attached hydrogen (secondary N) is 1. The molecule has 2 aromatic rings. The second-order valence-corrected chi connectivity index (χ2v) is 6.52. The number of rotatable bonds is 6. The second-order valence-electron chi connectivity index (χ2n) is 4.43. The summed E-state index contributed by atoms with van der Waals surface area (Å²) < 4.78 is 6.54. The minimum atomic E-state index is -0.653. The lowest BCUT2D eigenvalue weighted by Gasteiger charge is -2.15. The molecule has 0 bridgehead atoms. The molecule has 0 saturated heterocycles. The number of ether oxygens (including phenoxy) is 1. The molecule has 21 heavy (non-hydrogen) atoms. The van der Waals surface area contributed by atoms with Crippen LogP contribution in [-0.2, 0) is 0 Å². The van der Waals surface area contributed by atoms with Crippen molar-refractivity contribution in [3.8, 4) is 5.75 Å². The highest BCUT2D eigenvalue weighted by Crippen LogP contribution is 2.23. The van der Waals surface area contributed by atoms with Gasteiger partial charge in [-0.3, -0.25) is 0 Å². The van der Waals surface area contributed by atoms with Crippen molar-refractivity contribution in [2.45, 2.75) is 6.10 Å². The molecule has 0 aliphatic rings. The van der Waals surface area contributed by atoms with Crippen molar-refractivity contribution in [2.75, 3.05) is 18.5 Å². The second kappa shape index (κ2) is 8.08. The van der Waals surface area contributed by atoms with E-state index in [1.165, 1.54) is 0 Å². The highest BCUT2D eigenvalue weighted by Gasteiger charge is 2.07. The third-order valence-corrected chi connectivity index (χ3v) is 3.92. The van der Waals surface area contributed by atoms with Crippen molar-refractivity contribution in [1.82, 2.24) is 0 Å². The fourth-order valence-electron chi connectivity index (χ4n) is 1.67. The summed E-state index contributed by atoms with van der Waals surface area (Å²) in [7, 11) is 0. The first-order valence-electron chi connectivity index (χ1n) is 6.30. The first kappa shape index (κ1) is 16.7. The zero-order valence-electron chi connectivity index (χ0n) is 11.0. The van der Waals surface area contributed by atoms with E-state index in [1.807, 2.05) is 18.2 Å². The molecule has 3 nitrogen and oxygen atoms in total. The molecule has 0 aliphatic carbocycles. The number of halogens is 3. The van der Waals surface area contributed by atoms with E-state index in [0.717, 1.165) is 9.26 Å². The molecule has 0 radical (unpaired) electrons. The number of aliphatic hydroxyl groups excluding tert-OH is 1. The molecule has 2 rings (SSSR count). The normalized spacial score (nSPS) is 12.0. The molecule has 0 fully saturated rings. The van der Waals surface area contributed by atoms with Crippen LogP contribution >= 0.6 is 45.8 Å². The maximum Gasteiger partial charge on any atom is 0.120 e. The predicted octanol–water partition coefficient (Wildman–Crippen LogP) is 4.45. The Morgan fingerprint density at radius 3 is 2.71 bits per heavy atom. The first-order valence-corrected chi connectivity index (χ1v) is 8.13. The molecule has 0 saturated carbocycles. The molecule has 1 atom stereocenters. The molecule has 0 heterocycles. The lowest BCUT2D eigenvalue weighted by molar-refractivity contribution is 0.117. The monoisotopic (exact) mass is 437 g/mol. The Labute approximate surface area is 147 Å². The van der Waals surface area contributed by atoms with Crippen molar-refractivity contribution in [3.63, 3.8) is 0 Å². The summed E-state index contributed by atoms with van der Waals surface area (Å²) in [6.07, 6.45) is -0.653. The van der Waals surface area contributed by atoms with Gasteiger partial charge >= 0.3 is 0 Å². The van der Waals surface area contributed by atoms with E-state index in [2.05, 4.69) is 27.9 Å². The average molecular weight is 438 g/mol. The topological polar surface area (TPSA) is 41.5 Å². The third-order valence-electron chi connectivity index (χ3n) is 2.70. The van der Waals surface area contributed by atoms with Gasteiger partial charge in [0.05, 0.1) is 10.7 Å². The van der Waals surface area contributed by atoms with Crippen molar-refractivity contribution < 1.29 is 9.84 Å². The Morgan fingerprint density at radius 2 is 2.00 bits per heavy atom. The zero-order valence-corrected chi connectivity index (χ0v) is 14.7. The summed E-state index contributed by atoms with van der Waals surface area (Å²) in [5.41, 5.74) is 0.791. The van der Waals surface area contributed by atoms with Crippen LogP contribution in [0.5, 0.6) is 5.75 Å². The first-order chi connectivity index (χ1) is 10.0. The van der Waals surface area contributed by atoms with E-state index in [9.17, 15) is 5.11 Å². The van der Waals surface area contributed by atoms with E-state index in [4.69, 9.17) is 27.9 Å². The maximum absolute atomic E-state index is 9.92. The zero-order chi connectivity index (χ0) is 15.2. The van der Waals surface area contributed by atoms with Gasteiger partial charge in [0.25, 0.3) is 0 Å². The fraction of sp³-hybridized carbons (Fsp3) is 0.200. The molecule has 1 unspecified atom stereocenters. The van der Waals surface area contributed by atoms with Gasteiger partial charge in [0.2, 0.25) is 0 Å². The van der Waals surface area contributed by atoms with Crippen molar-refractivity contribution in [3.05, 3.63) is 56.1 Å². The smallest absolute Gasteiger partial charge is 0.120 e. The maximum atomic E-state index is 9.92. The van der Waals surface area contributed by atoms with E-state index in [0.29, 0.717) is 22.3 Å². The van der Waals surface area contributed by atoms with Crippen LogP contribution in [0, 0.1) is 3.57 Å². The summed E-state index contributed by atoms with van der Waals surface area (Å²) in [5, 5.41) is 14.2. The fourth-order valence-corrected chi connectivity index (χ4v) is 2.77. The molecule has 112 valence electrons. The van der Waals surface area contributed by atoms with E-state index >= 15 is 0 Å². The summed E-state index contributed by atoms with van der Waals surface area (Å²) in [4.78, 5) is 0. The van der Waals surface area contributed by atoms with Crippen LogP contribution in [0.2, 0.25) is 10.0 Å². The molecule has 2 N–H and O–H groups in total. The van der Waals surface area contributed by atoms with Crippen LogP contribution in [0.25, 0.3) is 0 Å². The van der Waals surface area contributed by atoms with E-state index < -0.39 is 6.10 Å². The predicted molar refractivity (Wildman–Crippen MR) is 95.6 cm³/mol. The molecule has 0 aliphatic heterocycles. The van der Waals surface area contributed by atoms with Gasteiger partial charge in [-0.25, -0.2) is 0 Å². The van der Waals surface area contributed by atoms with Gasteiger partial charge in [0, 0.05) is 15.1 Å². The van der Waals surface area contributed by atoms with E-state index in [1.54, 1.807) is 24.3 Å². The van der Waals surface area contributed by atoms with Gasteiger partial charge in [-0.05, 0) is 59.0 Å². The number of benzene rings is 2. The number of hydrogen-bond donors (Lipinski definition) is 2. The average Bonchev–Trinajstić information content (AvgIpc) is 2.44. The molecule has 0 spiro atoms. The van der Waals surface area contributed by atoms with Gasteiger partial charge in [-0.15, -0.1) is 0 Å². The lowest BCUT2D eigenvalue weighted by Crippen LogP contribution is -2.26. The highest BCUT2D eigenvalue weighted by atomic mass is 127. The Hall–Kier alpha value is -0.690. The van der Waals surface area contributed by atoms with Crippen LogP contribution in [0.4, 0.5) is 5.69 Å². The minimum absolute atomic E-state index is 0.176. The molecule has 0 aromatic heterocycles. The molecular weight excluding hydrogens is 424 g/mol. The summed E-state index contributed by atoms with van der Waals surface area (Å²) in [5.74, 6) is 0.633. The summed E-state index contributed by atoms with van der Waals surface area (Å²) in [6.45, 7) is 0.524. The van der Waals surface area contributed by atoms with Crippen LogP contribution < -0.4 is 10.1 Å². The third kappa shape index (κ3) is 5.54. The van der Waals surface area contributed by atoms with Crippen LogP contribution in [0.15, 0.2) is 42.5 Å². The number of aliphatic hydroxyl groups is 1. The molecular formula is C15H14Cl2INO2. The molecule has 6 heteroatoms. The summed E-state index contributed by atoms with van der Waals surface area (Å²) in [6, 6.07) is 12.8. The SMILES string of the molecule is OC(CNc1ccc(I)cc1Cl)COc1cccc(Cl)c1. The Bertz CT molecular complexity index is 610. The summed E-state index contributed by atoms with van der Waals surface area (Å²) >= 11 is 14.2. The van der Waals surface area contributed by atoms with Gasteiger partial charge in [-0.1, -0.05) is 29.3 Å². The van der Waals surface area contributed by atoms with Gasteiger partial charge in [0.15, 0.2) is 0 Å². The van der Waals surface area contributed by atoms with Crippen LogP contribution in [-0.4, -0.2) is 24.4 Å². The van der Waals surface area contributed by atoms with Gasteiger partial charge < -0.3 is 15.2 Å². The van der Waals surface area contributed by atoms with Gasteiger partial charge in [-0.2, -0.15) is 0 Å². The molecule has 0 amide bonds. The van der Waals surface area contributed by atoms with Crippen molar-refractivity contribution in [1.29, 1.82) is 0 Å². The quantitative estimate of drug-likeness (QED) is 0.656. The van der Waals surface area contributed by atoms with Gasteiger partial charge in [0.1, 0.15) is 18.5 Å². The van der Waals surface area contributed by atoms with Crippen molar-refractivity contribution in [2.24, 2.45) is 0 Å². The minimum Gasteiger partial charge on any atom is -0.491 e. The van der Waals surface area contributed by atoms with Crippen LogP contribution in [0.1, 0.15) is 0 Å². The van der Waals surface area contributed by atoms with Crippen molar-refractivity contribution >= 4 is 51.5 Å². The Balaban J connectivity index is 1.80. The number of anilines is 1. The Kier molecular flexibility index (Phi) is 6.41.